The number of para-hydroxylation sites is 3. The molecule has 0 amide bonds. The van der Waals surface area contributed by atoms with Crippen LogP contribution in [0.1, 0.15) is 38.9 Å². The second-order valence-electron chi connectivity index (χ2n) is 12.6. The van der Waals surface area contributed by atoms with E-state index in [-0.39, 0.29) is 0 Å². The molecule has 2 aliphatic rings. The van der Waals surface area contributed by atoms with Gasteiger partial charge in [0.15, 0.2) is 0 Å². The average molecular weight is 647 g/mol. The van der Waals surface area contributed by atoms with Crippen LogP contribution in [0.5, 0.6) is 0 Å². The van der Waals surface area contributed by atoms with Gasteiger partial charge in [-0.05, 0) is 80.9 Å². The Balaban J connectivity index is 1.29. The summed E-state index contributed by atoms with van der Waals surface area (Å²) in [6, 6.07) is 55.4. The molecule has 8 rings (SSSR count). The van der Waals surface area contributed by atoms with Crippen molar-refractivity contribution >= 4 is 34.5 Å². The van der Waals surface area contributed by atoms with Crippen molar-refractivity contribution in [3.8, 4) is 0 Å². The molecule has 0 saturated heterocycles. The molecule has 4 heteroatoms. The number of nitrogens with zero attached hydrogens (tertiary/aromatic N) is 2. The van der Waals surface area contributed by atoms with E-state index in [1.807, 2.05) is 54.6 Å². The highest BCUT2D eigenvalue weighted by Gasteiger charge is 2.50. The van der Waals surface area contributed by atoms with E-state index in [0.29, 0.717) is 18.8 Å². The zero-order valence-electron chi connectivity index (χ0n) is 27.8. The van der Waals surface area contributed by atoms with Crippen molar-refractivity contribution in [3.05, 3.63) is 220 Å². The monoisotopic (exact) mass is 646 g/mol. The van der Waals surface area contributed by atoms with Gasteiger partial charge < -0.3 is 16.4 Å². The quantitative estimate of drug-likeness (QED) is 0.162. The van der Waals surface area contributed by atoms with Crippen LogP contribution in [0.15, 0.2) is 187 Å². The second-order valence-corrected chi connectivity index (χ2v) is 12.6. The molecular formula is C46H38N4. The van der Waals surface area contributed by atoms with Crippen molar-refractivity contribution in [2.75, 3.05) is 11.4 Å². The largest absolute Gasteiger partial charge is 0.398 e. The smallest absolute Gasteiger partial charge is 0.0748 e. The summed E-state index contributed by atoms with van der Waals surface area (Å²) in [5, 5.41) is 0. The number of aliphatic imine (C=N–C) groups is 1. The molecule has 50 heavy (non-hydrogen) atoms. The van der Waals surface area contributed by atoms with Gasteiger partial charge in [-0.3, -0.25) is 4.99 Å². The molecule has 1 aliphatic heterocycles. The van der Waals surface area contributed by atoms with Crippen molar-refractivity contribution in [3.63, 3.8) is 0 Å². The highest BCUT2D eigenvalue weighted by atomic mass is 15.2. The number of anilines is 3. The minimum atomic E-state index is -0.543. The van der Waals surface area contributed by atoms with Crippen molar-refractivity contribution in [1.82, 2.24) is 0 Å². The third-order valence-electron chi connectivity index (χ3n) is 9.71. The molecule has 0 saturated carbocycles. The van der Waals surface area contributed by atoms with Crippen molar-refractivity contribution < 1.29 is 0 Å². The fourth-order valence-corrected chi connectivity index (χ4v) is 7.52. The Labute approximate surface area is 294 Å². The Morgan fingerprint density at radius 2 is 1.22 bits per heavy atom. The molecule has 0 fully saturated rings. The molecule has 4 N–H and O–H groups in total. The lowest BCUT2D eigenvalue weighted by Gasteiger charge is -2.45. The van der Waals surface area contributed by atoms with Gasteiger partial charge in [0.05, 0.1) is 29.0 Å². The molecule has 0 unspecified atom stereocenters. The first kappa shape index (κ1) is 31.1. The fraction of sp³-hybridized carbons (Fsp3) is 0.0652. The number of rotatable bonds is 8. The van der Waals surface area contributed by atoms with E-state index in [4.69, 9.17) is 16.5 Å². The summed E-state index contributed by atoms with van der Waals surface area (Å²) >= 11 is 0. The van der Waals surface area contributed by atoms with E-state index < -0.39 is 5.41 Å². The zero-order chi connectivity index (χ0) is 33.9. The first-order valence-corrected chi connectivity index (χ1v) is 17.1. The molecule has 4 nitrogen and oxygen atoms in total. The lowest BCUT2D eigenvalue weighted by atomic mass is 9.63. The van der Waals surface area contributed by atoms with Gasteiger partial charge in [0.2, 0.25) is 0 Å². The Hall–Kier alpha value is -6.23. The highest BCUT2D eigenvalue weighted by Crippen LogP contribution is 2.61. The van der Waals surface area contributed by atoms with Crippen LogP contribution in [0.3, 0.4) is 0 Å². The average Bonchev–Trinajstić information content (AvgIpc) is 3.50. The topological polar surface area (TPSA) is 67.6 Å². The van der Waals surface area contributed by atoms with E-state index in [0.717, 1.165) is 39.5 Å². The molecule has 6 aromatic carbocycles. The standard InChI is InChI=1S/C46H38N4/c47-28-14-19-37-30-36-27-26-33(32-49-43(35-17-6-2-7-18-35)31-42(48)34-15-4-1-5-16-34)29-41(36)46(37)39-22-10-12-24-44(39)50(38-20-8-3-9-21-38)45-25-13-11-23-40(45)46/h1-27,29-31H,28,32,47-48H2/b19-14-,42-31-,49-43+. The number of benzene rings is 6. The zero-order valence-corrected chi connectivity index (χ0v) is 27.8. The molecule has 0 aromatic heterocycles. The molecule has 1 heterocycles. The molecule has 6 aromatic rings. The molecule has 242 valence electrons. The minimum Gasteiger partial charge on any atom is -0.398 e. The summed E-state index contributed by atoms with van der Waals surface area (Å²) in [7, 11) is 0. The Bertz CT molecular complexity index is 2230. The molecule has 1 aliphatic carbocycles. The van der Waals surface area contributed by atoms with Gasteiger partial charge in [-0.1, -0.05) is 146 Å². The minimum absolute atomic E-state index is 0.463. The van der Waals surface area contributed by atoms with Crippen LogP contribution >= 0.6 is 0 Å². The van der Waals surface area contributed by atoms with Gasteiger partial charge in [-0.25, -0.2) is 0 Å². The molecule has 0 radical (unpaired) electrons. The van der Waals surface area contributed by atoms with E-state index in [1.54, 1.807) is 0 Å². The lowest BCUT2D eigenvalue weighted by molar-refractivity contribution is 0.744. The van der Waals surface area contributed by atoms with Crippen LogP contribution in [0.4, 0.5) is 17.1 Å². The summed E-state index contributed by atoms with van der Waals surface area (Å²) in [6.07, 6.45) is 8.60. The summed E-state index contributed by atoms with van der Waals surface area (Å²) in [6.45, 7) is 0.963. The number of nitrogens with two attached hydrogens (primary N) is 2. The first-order valence-electron chi connectivity index (χ1n) is 17.1. The van der Waals surface area contributed by atoms with E-state index in [2.05, 4.69) is 132 Å². The van der Waals surface area contributed by atoms with Gasteiger partial charge >= 0.3 is 0 Å². The first-order chi connectivity index (χ1) is 24.7. The van der Waals surface area contributed by atoms with Crippen LogP contribution in [-0.2, 0) is 12.0 Å². The van der Waals surface area contributed by atoms with E-state index in [1.165, 1.54) is 27.8 Å². The van der Waals surface area contributed by atoms with Crippen LogP contribution in [0.25, 0.3) is 11.8 Å². The van der Waals surface area contributed by atoms with Gasteiger partial charge in [0, 0.05) is 17.9 Å². The maximum absolute atomic E-state index is 6.62. The molecule has 1 spiro atoms. The summed E-state index contributed by atoms with van der Waals surface area (Å²) in [5.41, 5.74) is 26.4. The van der Waals surface area contributed by atoms with Crippen molar-refractivity contribution in [2.45, 2.75) is 12.0 Å². The van der Waals surface area contributed by atoms with Crippen molar-refractivity contribution in [2.24, 2.45) is 16.5 Å². The lowest BCUT2D eigenvalue weighted by Crippen LogP contribution is -2.36. The van der Waals surface area contributed by atoms with Crippen LogP contribution in [0.2, 0.25) is 0 Å². The van der Waals surface area contributed by atoms with Gasteiger partial charge in [0.1, 0.15) is 0 Å². The van der Waals surface area contributed by atoms with Gasteiger partial charge in [0.25, 0.3) is 0 Å². The normalized spacial score (nSPS) is 14.7. The maximum Gasteiger partial charge on any atom is 0.0748 e. The van der Waals surface area contributed by atoms with Crippen LogP contribution in [-0.4, -0.2) is 12.3 Å². The number of fused-ring (bicyclic) bond motifs is 6. The third-order valence-corrected chi connectivity index (χ3v) is 9.71. The van der Waals surface area contributed by atoms with E-state index >= 15 is 0 Å². The molecular weight excluding hydrogens is 609 g/mol. The SMILES string of the molecule is NC/C=C\C1=Cc2ccc(C/N=C(\C=C(/N)c3ccccc3)c3ccccc3)cc2C12c1ccccc1N(c1ccccc1)c1ccccc12. The maximum atomic E-state index is 6.62. The Morgan fingerprint density at radius 3 is 1.86 bits per heavy atom. The predicted octanol–water partition coefficient (Wildman–Crippen LogP) is 9.71. The van der Waals surface area contributed by atoms with Gasteiger partial charge in [-0.2, -0.15) is 0 Å². The predicted molar refractivity (Wildman–Crippen MR) is 209 cm³/mol. The van der Waals surface area contributed by atoms with E-state index in [9.17, 15) is 0 Å². The molecule has 0 bridgehead atoms. The fourth-order valence-electron chi connectivity index (χ4n) is 7.52. The van der Waals surface area contributed by atoms with Crippen LogP contribution < -0.4 is 16.4 Å². The Kier molecular flexibility index (Phi) is 8.29. The number of hydrogen-bond acceptors (Lipinski definition) is 4. The van der Waals surface area contributed by atoms with Crippen LogP contribution in [0, 0.1) is 0 Å². The second kappa shape index (κ2) is 13.3. The summed E-state index contributed by atoms with van der Waals surface area (Å²) < 4.78 is 0. The number of allylic oxidation sites excluding steroid dienone is 3. The highest BCUT2D eigenvalue weighted by molar-refractivity contribution is 6.12. The summed E-state index contributed by atoms with van der Waals surface area (Å²) in [5.74, 6) is 0. The Morgan fingerprint density at radius 1 is 0.640 bits per heavy atom. The van der Waals surface area contributed by atoms with Gasteiger partial charge in [-0.15, -0.1) is 0 Å². The third kappa shape index (κ3) is 5.36. The molecule has 0 atom stereocenters. The van der Waals surface area contributed by atoms with Crippen molar-refractivity contribution in [1.29, 1.82) is 0 Å². The number of hydrogen-bond donors (Lipinski definition) is 2. The summed E-state index contributed by atoms with van der Waals surface area (Å²) in [4.78, 5) is 7.59.